The highest BCUT2D eigenvalue weighted by Gasteiger charge is 2.15. The van der Waals surface area contributed by atoms with Crippen LogP contribution < -0.4 is 11.1 Å². The van der Waals surface area contributed by atoms with Crippen LogP contribution in [0.2, 0.25) is 0 Å². The Balaban J connectivity index is 2.64. The minimum Gasteiger partial charge on any atom is -0.351 e. The second-order valence-corrected chi connectivity index (χ2v) is 2.95. The van der Waals surface area contributed by atoms with Crippen LogP contribution in [0.1, 0.15) is 23.0 Å². The number of nitrogens with two attached hydrogens (primary N) is 1. The van der Waals surface area contributed by atoms with Gasteiger partial charge in [0.15, 0.2) is 0 Å². The molecule has 0 bridgehead atoms. The average Bonchev–Trinajstić information content (AvgIpc) is 2.51. The number of rotatable bonds is 3. The topological polar surface area (TPSA) is 81.2 Å². The van der Waals surface area contributed by atoms with E-state index in [-0.39, 0.29) is 17.7 Å². The van der Waals surface area contributed by atoms with Gasteiger partial charge in [-0.25, -0.2) is 0 Å². The fourth-order valence-electron chi connectivity index (χ4n) is 0.858. The maximum Gasteiger partial charge on any atom is 0.290 e. The number of carbonyl (C=O) groups is 1. The van der Waals surface area contributed by atoms with Gasteiger partial charge in [0.25, 0.3) is 5.91 Å². The first-order valence-corrected chi connectivity index (χ1v) is 4.07. The maximum atomic E-state index is 11.4. The van der Waals surface area contributed by atoms with Crippen molar-refractivity contribution in [1.29, 1.82) is 0 Å². The summed E-state index contributed by atoms with van der Waals surface area (Å²) < 4.78 is 4.77. The van der Waals surface area contributed by atoms with Crippen LogP contribution in [-0.4, -0.2) is 23.7 Å². The highest BCUT2D eigenvalue weighted by molar-refractivity contribution is 5.92. The number of hydrogen-bond donors (Lipinski definition) is 2. The van der Waals surface area contributed by atoms with E-state index >= 15 is 0 Å². The van der Waals surface area contributed by atoms with E-state index in [1.54, 1.807) is 6.92 Å². The normalized spacial score (nSPS) is 12.5. The van der Waals surface area contributed by atoms with Gasteiger partial charge in [0.05, 0.1) is 6.20 Å². The third-order valence-electron chi connectivity index (χ3n) is 1.69. The highest BCUT2D eigenvalue weighted by atomic mass is 16.5. The molecule has 72 valence electrons. The Kier molecular flexibility index (Phi) is 3.02. The van der Waals surface area contributed by atoms with Gasteiger partial charge in [-0.05, 0) is 13.8 Å². The molecule has 0 radical (unpaired) electrons. The van der Waals surface area contributed by atoms with Crippen LogP contribution in [0.25, 0.3) is 0 Å². The summed E-state index contributed by atoms with van der Waals surface area (Å²) in [5.74, 6) is -0.0201. The molecule has 0 aliphatic heterocycles. The summed E-state index contributed by atoms with van der Waals surface area (Å²) in [6.45, 7) is 3.99. The molecule has 13 heavy (non-hydrogen) atoms. The minimum atomic E-state index is -0.270. The summed E-state index contributed by atoms with van der Waals surface area (Å²) in [4.78, 5) is 11.4. The zero-order chi connectivity index (χ0) is 9.84. The highest BCUT2D eigenvalue weighted by Crippen LogP contribution is 2.05. The van der Waals surface area contributed by atoms with Crippen LogP contribution in [-0.2, 0) is 0 Å². The summed E-state index contributed by atoms with van der Waals surface area (Å²) >= 11 is 0. The predicted octanol–water partition coefficient (Wildman–Crippen LogP) is 0.0600. The first-order chi connectivity index (χ1) is 6.15. The molecule has 1 heterocycles. The third-order valence-corrected chi connectivity index (χ3v) is 1.69. The molecule has 0 saturated carbocycles. The van der Waals surface area contributed by atoms with E-state index in [1.807, 2.05) is 6.92 Å². The van der Waals surface area contributed by atoms with Gasteiger partial charge in [-0.2, -0.15) is 0 Å². The lowest BCUT2D eigenvalue weighted by Gasteiger charge is -2.09. The first kappa shape index (κ1) is 9.73. The van der Waals surface area contributed by atoms with E-state index in [1.165, 1.54) is 6.20 Å². The number of carbonyl (C=O) groups excluding carboxylic acids is 1. The van der Waals surface area contributed by atoms with Crippen molar-refractivity contribution in [2.45, 2.75) is 19.9 Å². The fourth-order valence-corrected chi connectivity index (χ4v) is 0.858. The monoisotopic (exact) mass is 183 g/mol. The van der Waals surface area contributed by atoms with Crippen molar-refractivity contribution in [1.82, 2.24) is 10.5 Å². The molecule has 5 heteroatoms. The number of hydrogen-bond acceptors (Lipinski definition) is 4. The molecular weight excluding hydrogens is 170 g/mol. The zero-order valence-corrected chi connectivity index (χ0v) is 7.70. The molecule has 1 aromatic rings. The molecule has 0 saturated heterocycles. The minimum absolute atomic E-state index is 0.0583. The summed E-state index contributed by atoms with van der Waals surface area (Å²) in [5.41, 5.74) is 6.07. The molecule has 0 aromatic carbocycles. The van der Waals surface area contributed by atoms with Crippen molar-refractivity contribution in [3.8, 4) is 0 Å². The van der Waals surface area contributed by atoms with Gasteiger partial charge in [-0.3, -0.25) is 4.79 Å². The molecule has 1 amide bonds. The predicted molar refractivity (Wildman–Crippen MR) is 47.2 cm³/mol. The lowest BCUT2D eigenvalue weighted by molar-refractivity contribution is 0.0903. The SMILES string of the molecule is Cc1cnoc1C(=O)N[C@H](C)CN. The maximum absolute atomic E-state index is 11.4. The Morgan fingerprint density at radius 3 is 3.00 bits per heavy atom. The van der Waals surface area contributed by atoms with Crippen molar-refractivity contribution < 1.29 is 9.32 Å². The summed E-state index contributed by atoms with van der Waals surface area (Å²) in [7, 11) is 0. The van der Waals surface area contributed by atoms with Gasteiger partial charge in [0.1, 0.15) is 0 Å². The van der Waals surface area contributed by atoms with Crippen LogP contribution in [0.4, 0.5) is 0 Å². The Hall–Kier alpha value is -1.36. The average molecular weight is 183 g/mol. The second-order valence-electron chi connectivity index (χ2n) is 2.95. The molecule has 1 rings (SSSR count). The van der Waals surface area contributed by atoms with E-state index in [9.17, 15) is 4.79 Å². The molecule has 0 aliphatic carbocycles. The molecule has 1 atom stereocenters. The fraction of sp³-hybridized carbons (Fsp3) is 0.500. The Labute approximate surface area is 76.3 Å². The van der Waals surface area contributed by atoms with Gasteiger partial charge >= 0.3 is 0 Å². The third kappa shape index (κ3) is 2.29. The second kappa shape index (κ2) is 4.04. The molecular formula is C8H13N3O2. The lowest BCUT2D eigenvalue weighted by atomic mass is 10.2. The smallest absolute Gasteiger partial charge is 0.290 e. The Bertz CT molecular complexity index is 295. The standard InChI is InChI=1S/C8H13N3O2/c1-5-4-10-13-7(5)8(12)11-6(2)3-9/h4,6H,3,9H2,1-2H3,(H,11,12)/t6-/m1/s1. The molecule has 3 N–H and O–H groups in total. The summed E-state index contributed by atoms with van der Waals surface area (Å²) in [6.07, 6.45) is 1.50. The number of nitrogens with zero attached hydrogens (tertiary/aromatic N) is 1. The molecule has 0 spiro atoms. The van der Waals surface area contributed by atoms with E-state index in [0.717, 1.165) is 5.56 Å². The van der Waals surface area contributed by atoms with Crippen molar-refractivity contribution >= 4 is 5.91 Å². The van der Waals surface area contributed by atoms with Crippen LogP contribution in [0, 0.1) is 6.92 Å². The van der Waals surface area contributed by atoms with Gasteiger partial charge in [0.2, 0.25) is 5.76 Å². The van der Waals surface area contributed by atoms with Gasteiger partial charge < -0.3 is 15.6 Å². The Morgan fingerprint density at radius 2 is 2.54 bits per heavy atom. The van der Waals surface area contributed by atoms with E-state index in [0.29, 0.717) is 6.54 Å². The van der Waals surface area contributed by atoms with Crippen LogP contribution in [0.3, 0.4) is 0 Å². The van der Waals surface area contributed by atoms with Crippen LogP contribution >= 0.6 is 0 Å². The molecule has 0 aliphatic rings. The van der Waals surface area contributed by atoms with Crippen molar-refractivity contribution in [2.75, 3.05) is 6.54 Å². The summed E-state index contributed by atoms with van der Waals surface area (Å²) in [6, 6.07) is -0.0583. The molecule has 1 aromatic heterocycles. The van der Waals surface area contributed by atoms with Crippen LogP contribution in [0.5, 0.6) is 0 Å². The van der Waals surface area contributed by atoms with Gasteiger partial charge in [0, 0.05) is 18.2 Å². The van der Waals surface area contributed by atoms with E-state index in [4.69, 9.17) is 10.3 Å². The number of aryl methyl sites for hydroxylation is 1. The van der Waals surface area contributed by atoms with Gasteiger partial charge in [-0.1, -0.05) is 5.16 Å². The van der Waals surface area contributed by atoms with Crippen molar-refractivity contribution in [3.05, 3.63) is 17.5 Å². The summed E-state index contributed by atoms with van der Waals surface area (Å²) in [5, 5.41) is 6.18. The number of amides is 1. The van der Waals surface area contributed by atoms with Crippen molar-refractivity contribution in [3.63, 3.8) is 0 Å². The van der Waals surface area contributed by atoms with Crippen molar-refractivity contribution in [2.24, 2.45) is 5.73 Å². The molecule has 5 nitrogen and oxygen atoms in total. The molecule has 0 unspecified atom stereocenters. The lowest BCUT2D eigenvalue weighted by Crippen LogP contribution is -2.37. The van der Waals surface area contributed by atoms with E-state index < -0.39 is 0 Å². The largest absolute Gasteiger partial charge is 0.351 e. The quantitative estimate of drug-likeness (QED) is 0.694. The Morgan fingerprint density at radius 1 is 1.85 bits per heavy atom. The molecule has 0 fully saturated rings. The first-order valence-electron chi connectivity index (χ1n) is 4.07. The van der Waals surface area contributed by atoms with Gasteiger partial charge in [-0.15, -0.1) is 0 Å². The zero-order valence-electron chi connectivity index (χ0n) is 7.70. The van der Waals surface area contributed by atoms with E-state index in [2.05, 4.69) is 10.5 Å². The number of aromatic nitrogens is 1. The van der Waals surface area contributed by atoms with Crippen LogP contribution in [0.15, 0.2) is 10.7 Å². The number of nitrogens with one attached hydrogen (secondary N) is 1.